The number of hydrogen-bond acceptors (Lipinski definition) is 4. The van der Waals surface area contributed by atoms with E-state index in [4.69, 9.17) is 14.2 Å². The predicted molar refractivity (Wildman–Crippen MR) is 77.6 cm³/mol. The Morgan fingerprint density at radius 3 is 2.84 bits per heavy atom. The molecule has 1 aliphatic rings. The Kier molecular flexibility index (Phi) is 10.4. The maximum atomic E-state index is 5.69. The van der Waals surface area contributed by atoms with Gasteiger partial charge < -0.3 is 19.5 Å². The molecule has 2 unspecified atom stereocenters. The summed E-state index contributed by atoms with van der Waals surface area (Å²) in [6.07, 6.45) is 7.61. The molecule has 0 aromatic carbocycles. The molecule has 1 saturated heterocycles. The van der Waals surface area contributed by atoms with Gasteiger partial charge in [-0.1, -0.05) is 6.92 Å². The van der Waals surface area contributed by atoms with Crippen molar-refractivity contribution >= 4 is 0 Å². The molecule has 0 aromatic heterocycles. The van der Waals surface area contributed by atoms with Gasteiger partial charge in [-0.15, -0.1) is 0 Å². The minimum Gasteiger partial charge on any atom is -0.382 e. The average molecular weight is 273 g/mol. The number of nitrogens with one attached hydrogen (secondary N) is 1. The van der Waals surface area contributed by atoms with E-state index in [1.165, 1.54) is 32.1 Å². The van der Waals surface area contributed by atoms with E-state index in [2.05, 4.69) is 12.2 Å². The van der Waals surface area contributed by atoms with E-state index in [1.807, 2.05) is 0 Å². The Morgan fingerprint density at radius 1 is 1.26 bits per heavy atom. The molecular formula is C15H31NO3. The first-order valence-electron chi connectivity index (χ1n) is 7.78. The summed E-state index contributed by atoms with van der Waals surface area (Å²) < 4.78 is 16.2. The van der Waals surface area contributed by atoms with Crippen molar-refractivity contribution in [2.24, 2.45) is 0 Å². The molecule has 1 aliphatic heterocycles. The fourth-order valence-corrected chi connectivity index (χ4v) is 2.43. The van der Waals surface area contributed by atoms with E-state index in [9.17, 15) is 0 Å². The molecule has 0 spiro atoms. The van der Waals surface area contributed by atoms with Gasteiger partial charge in [0.05, 0.1) is 19.3 Å². The van der Waals surface area contributed by atoms with Crippen molar-refractivity contribution in [3.63, 3.8) is 0 Å². The molecule has 4 nitrogen and oxygen atoms in total. The van der Waals surface area contributed by atoms with E-state index in [0.717, 1.165) is 26.2 Å². The van der Waals surface area contributed by atoms with E-state index >= 15 is 0 Å². The summed E-state index contributed by atoms with van der Waals surface area (Å²) >= 11 is 0. The van der Waals surface area contributed by atoms with Crippen LogP contribution in [0.2, 0.25) is 0 Å². The second-order valence-corrected chi connectivity index (χ2v) is 5.26. The molecule has 1 heterocycles. The third-order valence-corrected chi connectivity index (χ3v) is 3.59. The van der Waals surface area contributed by atoms with Crippen LogP contribution in [0, 0.1) is 0 Å². The third-order valence-electron chi connectivity index (χ3n) is 3.59. The van der Waals surface area contributed by atoms with Crippen LogP contribution in [-0.4, -0.2) is 52.2 Å². The second kappa shape index (κ2) is 11.6. The van der Waals surface area contributed by atoms with Gasteiger partial charge in [0.15, 0.2) is 0 Å². The zero-order chi connectivity index (χ0) is 13.8. The monoisotopic (exact) mass is 273 g/mol. The highest BCUT2D eigenvalue weighted by atomic mass is 16.5. The van der Waals surface area contributed by atoms with Crippen molar-refractivity contribution in [1.82, 2.24) is 5.32 Å². The van der Waals surface area contributed by atoms with Gasteiger partial charge in [0, 0.05) is 26.4 Å². The largest absolute Gasteiger partial charge is 0.382 e. The van der Waals surface area contributed by atoms with Crippen LogP contribution >= 0.6 is 0 Å². The van der Waals surface area contributed by atoms with Gasteiger partial charge >= 0.3 is 0 Å². The first-order valence-corrected chi connectivity index (χ1v) is 7.78. The van der Waals surface area contributed by atoms with Crippen LogP contribution in [-0.2, 0) is 14.2 Å². The first-order chi connectivity index (χ1) is 9.36. The SMILES string of the molecule is CCCNC(CCOCCOC)CCC1CCCO1. The summed E-state index contributed by atoms with van der Waals surface area (Å²) in [5, 5.41) is 3.62. The normalized spacial score (nSPS) is 20.8. The summed E-state index contributed by atoms with van der Waals surface area (Å²) in [6, 6.07) is 0.562. The van der Waals surface area contributed by atoms with Crippen LogP contribution < -0.4 is 5.32 Å². The van der Waals surface area contributed by atoms with Crippen molar-refractivity contribution in [2.45, 2.75) is 57.6 Å². The first kappa shape index (κ1) is 16.9. The molecule has 0 radical (unpaired) electrons. The lowest BCUT2D eigenvalue weighted by atomic mass is 10.0. The zero-order valence-electron chi connectivity index (χ0n) is 12.7. The molecule has 0 amide bonds. The van der Waals surface area contributed by atoms with Gasteiger partial charge in [-0.3, -0.25) is 0 Å². The van der Waals surface area contributed by atoms with Crippen LogP contribution in [0.5, 0.6) is 0 Å². The molecule has 0 bridgehead atoms. The van der Waals surface area contributed by atoms with Gasteiger partial charge in [0.25, 0.3) is 0 Å². The molecule has 114 valence electrons. The summed E-state index contributed by atoms with van der Waals surface area (Å²) in [6.45, 7) is 6.45. The molecule has 19 heavy (non-hydrogen) atoms. The quantitative estimate of drug-likeness (QED) is 0.554. The van der Waals surface area contributed by atoms with Gasteiger partial charge in [-0.05, 0) is 45.1 Å². The molecule has 2 atom stereocenters. The number of rotatable bonds is 12. The molecular weight excluding hydrogens is 242 g/mol. The second-order valence-electron chi connectivity index (χ2n) is 5.26. The molecule has 4 heteroatoms. The van der Waals surface area contributed by atoms with Gasteiger partial charge in [-0.2, -0.15) is 0 Å². The lowest BCUT2D eigenvalue weighted by Crippen LogP contribution is -2.32. The van der Waals surface area contributed by atoms with Crippen molar-refractivity contribution in [1.29, 1.82) is 0 Å². The maximum Gasteiger partial charge on any atom is 0.0700 e. The Balaban J connectivity index is 2.10. The molecule has 1 fully saturated rings. The summed E-state index contributed by atoms with van der Waals surface area (Å²) in [7, 11) is 1.70. The van der Waals surface area contributed by atoms with Crippen LogP contribution in [0.25, 0.3) is 0 Å². The minimum atomic E-state index is 0.500. The third kappa shape index (κ3) is 8.58. The molecule has 0 saturated carbocycles. The summed E-state index contributed by atoms with van der Waals surface area (Å²) in [5.74, 6) is 0. The molecule has 1 N–H and O–H groups in total. The summed E-state index contributed by atoms with van der Waals surface area (Å²) in [5.41, 5.74) is 0. The lowest BCUT2D eigenvalue weighted by Gasteiger charge is -2.20. The highest BCUT2D eigenvalue weighted by Crippen LogP contribution is 2.18. The van der Waals surface area contributed by atoms with E-state index in [0.29, 0.717) is 25.4 Å². The Morgan fingerprint density at radius 2 is 2.16 bits per heavy atom. The van der Waals surface area contributed by atoms with Gasteiger partial charge in [0.1, 0.15) is 0 Å². The van der Waals surface area contributed by atoms with Crippen molar-refractivity contribution in [3.8, 4) is 0 Å². The molecule has 0 aromatic rings. The van der Waals surface area contributed by atoms with Crippen LogP contribution in [0.15, 0.2) is 0 Å². The van der Waals surface area contributed by atoms with Crippen LogP contribution in [0.4, 0.5) is 0 Å². The highest BCUT2D eigenvalue weighted by Gasteiger charge is 2.17. The number of hydrogen-bond donors (Lipinski definition) is 1. The van der Waals surface area contributed by atoms with Gasteiger partial charge in [-0.25, -0.2) is 0 Å². The predicted octanol–water partition coefficient (Wildman–Crippen LogP) is 2.37. The highest BCUT2D eigenvalue weighted by molar-refractivity contribution is 4.72. The fraction of sp³-hybridized carbons (Fsp3) is 1.00. The van der Waals surface area contributed by atoms with E-state index in [1.54, 1.807) is 7.11 Å². The number of methoxy groups -OCH3 is 1. The fourth-order valence-electron chi connectivity index (χ4n) is 2.43. The topological polar surface area (TPSA) is 39.7 Å². The van der Waals surface area contributed by atoms with Crippen molar-refractivity contribution in [3.05, 3.63) is 0 Å². The Bertz CT molecular complexity index is 196. The Labute approximate surface area is 118 Å². The van der Waals surface area contributed by atoms with Crippen molar-refractivity contribution in [2.75, 3.05) is 40.1 Å². The van der Waals surface area contributed by atoms with Gasteiger partial charge in [0.2, 0.25) is 0 Å². The average Bonchev–Trinajstić information content (AvgIpc) is 2.94. The van der Waals surface area contributed by atoms with E-state index in [-0.39, 0.29) is 0 Å². The summed E-state index contributed by atoms with van der Waals surface area (Å²) in [4.78, 5) is 0. The smallest absolute Gasteiger partial charge is 0.0700 e. The lowest BCUT2D eigenvalue weighted by molar-refractivity contribution is 0.0631. The van der Waals surface area contributed by atoms with E-state index < -0.39 is 0 Å². The molecule has 1 rings (SSSR count). The van der Waals surface area contributed by atoms with Crippen LogP contribution in [0.1, 0.15) is 45.4 Å². The minimum absolute atomic E-state index is 0.500. The molecule has 0 aliphatic carbocycles. The number of ether oxygens (including phenoxy) is 3. The standard InChI is InChI=1S/C15H31NO3/c1-3-9-16-14(8-11-18-13-12-17-2)6-7-15-5-4-10-19-15/h14-16H,3-13H2,1-2H3. The maximum absolute atomic E-state index is 5.69. The Hall–Kier alpha value is -0.160. The van der Waals surface area contributed by atoms with Crippen molar-refractivity contribution < 1.29 is 14.2 Å². The van der Waals surface area contributed by atoms with Crippen LogP contribution in [0.3, 0.4) is 0 Å². The zero-order valence-corrected chi connectivity index (χ0v) is 12.7.